The summed E-state index contributed by atoms with van der Waals surface area (Å²) in [5.41, 5.74) is 0. The molecule has 3 aliphatic heterocycles. The van der Waals surface area contributed by atoms with Gasteiger partial charge < -0.3 is 19.6 Å². The van der Waals surface area contributed by atoms with Crippen molar-refractivity contribution in [2.24, 2.45) is 23.7 Å². The lowest BCUT2D eigenvalue weighted by molar-refractivity contribution is -0.155. The fraction of sp³-hybridized carbons (Fsp3) is 0.741. The first-order valence-corrected chi connectivity index (χ1v) is 13.7. The van der Waals surface area contributed by atoms with Crippen LogP contribution in [0, 0.1) is 23.7 Å². The summed E-state index contributed by atoms with van der Waals surface area (Å²) < 4.78 is 4.84. The fourth-order valence-corrected chi connectivity index (χ4v) is 8.80. The summed E-state index contributed by atoms with van der Waals surface area (Å²) in [4.78, 5) is 45.1. The van der Waals surface area contributed by atoms with E-state index in [9.17, 15) is 19.5 Å². The van der Waals surface area contributed by atoms with E-state index in [2.05, 4.69) is 20.1 Å². The molecule has 7 nitrogen and oxygen atoms in total. The van der Waals surface area contributed by atoms with Gasteiger partial charge >= 0.3 is 5.97 Å². The Balaban J connectivity index is 2.10. The second kappa shape index (κ2) is 11.1. The lowest BCUT2D eigenvalue weighted by Gasteiger charge is -2.43. The summed E-state index contributed by atoms with van der Waals surface area (Å²) >= 11 is 1.63. The third-order valence-electron chi connectivity index (χ3n) is 7.84. The predicted molar refractivity (Wildman–Crippen MR) is 139 cm³/mol. The van der Waals surface area contributed by atoms with Crippen LogP contribution in [0.2, 0.25) is 0 Å². The maximum atomic E-state index is 14.3. The van der Waals surface area contributed by atoms with E-state index in [0.29, 0.717) is 19.4 Å². The Morgan fingerprint density at radius 2 is 1.97 bits per heavy atom. The molecule has 3 heterocycles. The van der Waals surface area contributed by atoms with Crippen molar-refractivity contribution in [2.75, 3.05) is 19.8 Å². The van der Waals surface area contributed by atoms with Gasteiger partial charge in [-0.15, -0.1) is 24.9 Å². The molecular weight excluding hydrogens is 464 g/mol. The largest absolute Gasteiger partial charge is 0.465 e. The summed E-state index contributed by atoms with van der Waals surface area (Å²) in [6.07, 6.45) is 5.28. The van der Waals surface area contributed by atoms with Crippen LogP contribution in [0.3, 0.4) is 0 Å². The van der Waals surface area contributed by atoms with E-state index in [4.69, 9.17) is 4.74 Å². The van der Waals surface area contributed by atoms with Crippen LogP contribution < -0.4 is 0 Å². The lowest BCUT2D eigenvalue weighted by atomic mass is 9.66. The molecule has 8 heteroatoms. The molecule has 1 spiro atoms. The van der Waals surface area contributed by atoms with Crippen LogP contribution in [0.15, 0.2) is 25.3 Å². The van der Waals surface area contributed by atoms with Crippen molar-refractivity contribution in [1.82, 2.24) is 9.80 Å². The summed E-state index contributed by atoms with van der Waals surface area (Å²) in [7, 11) is 0. The van der Waals surface area contributed by atoms with Crippen molar-refractivity contribution in [3.8, 4) is 0 Å². The van der Waals surface area contributed by atoms with Gasteiger partial charge in [0.25, 0.3) is 0 Å². The first-order valence-electron chi connectivity index (χ1n) is 12.9. The van der Waals surface area contributed by atoms with E-state index in [1.54, 1.807) is 33.7 Å². The van der Waals surface area contributed by atoms with Crippen molar-refractivity contribution in [2.45, 2.75) is 82.0 Å². The summed E-state index contributed by atoms with van der Waals surface area (Å²) in [6, 6.07) is -1.31. The highest BCUT2D eigenvalue weighted by atomic mass is 32.2. The molecule has 2 bridgehead atoms. The molecule has 35 heavy (non-hydrogen) atoms. The Bertz CT molecular complexity index is 845. The first kappa shape index (κ1) is 27.8. The molecular formula is C27H42N2O5S. The highest BCUT2D eigenvalue weighted by Gasteiger charge is 2.77. The number of nitrogens with zero attached hydrogens (tertiary/aromatic N) is 2. The average Bonchev–Trinajstić information content (AvgIpc) is 3.39. The number of fused-ring (bicyclic) bond motifs is 1. The highest BCUT2D eigenvalue weighted by Crippen LogP contribution is 2.69. The molecule has 3 aliphatic rings. The Morgan fingerprint density at radius 3 is 2.51 bits per heavy atom. The van der Waals surface area contributed by atoms with Crippen molar-refractivity contribution >= 4 is 29.5 Å². The Hall–Kier alpha value is -1.80. The second-order valence-electron chi connectivity index (χ2n) is 10.9. The Kier molecular flexibility index (Phi) is 8.79. The molecule has 3 saturated heterocycles. The maximum absolute atomic E-state index is 14.3. The molecule has 0 radical (unpaired) electrons. The van der Waals surface area contributed by atoms with Gasteiger partial charge in [0.15, 0.2) is 0 Å². The molecule has 2 amide bonds. The normalized spacial score (nSPS) is 32.2. The Morgan fingerprint density at radius 1 is 1.29 bits per heavy atom. The lowest BCUT2D eigenvalue weighted by Crippen LogP contribution is -2.60. The molecule has 3 fully saturated rings. The van der Waals surface area contributed by atoms with E-state index >= 15 is 0 Å². The minimum atomic E-state index is -0.741. The smallest absolute Gasteiger partial charge is 0.310 e. The zero-order chi connectivity index (χ0) is 26.1. The number of ether oxygens (including phenoxy) is 1. The van der Waals surface area contributed by atoms with Gasteiger partial charge in [-0.2, -0.15) is 0 Å². The fourth-order valence-electron chi connectivity index (χ4n) is 6.41. The molecule has 1 N–H and O–H groups in total. The van der Waals surface area contributed by atoms with Gasteiger partial charge in [-0.05, 0) is 44.9 Å². The van der Waals surface area contributed by atoms with Gasteiger partial charge in [0, 0.05) is 17.8 Å². The van der Waals surface area contributed by atoms with Crippen molar-refractivity contribution in [3.05, 3.63) is 25.3 Å². The molecule has 0 aromatic heterocycles. The standard InChI is InChI=1S/C27H42N2O5S/c1-8-10-12-34-26(33)21-20-14-18(7)27(35-20)22(21)24(31)29(19(15-30)13-16(3)4)23(27)25(32)28(11-9-2)17(5)6/h8-9,16-23,30H,1-2,10-15H2,3-7H3/t18?,19-,20-,21+,22+,23?,27?/m1/s1. The number of rotatable bonds is 12. The maximum Gasteiger partial charge on any atom is 0.310 e. The number of carbonyl (C=O) groups excluding carboxylic acids is 3. The van der Waals surface area contributed by atoms with E-state index < -0.39 is 28.7 Å². The molecule has 0 saturated carbocycles. The van der Waals surface area contributed by atoms with E-state index in [1.807, 2.05) is 27.7 Å². The van der Waals surface area contributed by atoms with Crippen molar-refractivity contribution in [1.29, 1.82) is 0 Å². The van der Waals surface area contributed by atoms with Crippen LogP contribution in [0.1, 0.15) is 53.9 Å². The van der Waals surface area contributed by atoms with Gasteiger partial charge in [0.1, 0.15) is 6.04 Å². The molecule has 3 rings (SSSR count). The topological polar surface area (TPSA) is 87.1 Å². The van der Waals surface area contributed by atoms with E-state index in [-0.39, 0.29) is 54.1 Å². The summed E-state index contributed by atoms with van der Waals surface area (Å²) in [6.45, 7) is 18.0. The van der Waals surface area contributed by atoms with Crippen LogP contribution in [-0.2, 0) is 19.1 Å². The van der Waals surface area contributed by atoms with Crippen LogP contribution in [0.25, 0.3) is 0 Å². The van der Waals surface area contributed by atoms with Crippen LogP contribution in [-0.4, -0.2) is 80.6 Å². The molecule has 196 valence electrons. The summed E-state index contributed by atoms with van der Waals surface area (Å²) in [5, 5.41) is 10.3. The number of amides is 2. The summed E-state index contributed by atoms with van der Waals surface area (Å²) in [5.74, 6) is -1.61. The van der Waals surface area contributed by atoms with Crippen molar-refractivity contribution in [3.63, 3.8) is 0 Å². The Labute approximate surface area is 214 Å². The number of aliphatic hydroxyl groups is 1. The highest BCUT2D eigenvalue weighted by molar-refractivity contribution is 8.02. The molecule has 3 unspecified atom stereocenters. The van der Waals surface area contributed by atoms with Gasteiger partial charge in [-0.3, -0.25) is 14.4 Å². The molecule has 7 atom stereocenters. The second-order valence-corrected chi connectivity index (χ2v) is 12.4. The van der Waals surface area contributed by atoms with Crippen LogP contribution >= 0.6 is 11.8 Å². The zero-order valence-electron chi connectivity index (χ0n) is 21.8. The van der Waals surface area contributed by atoms with Crippen LogP contribution in [0.4, 0.5) is 0 Å². The molecule has 0 aliphatic carbocycles. The third-order valence-corrected chi connectivity index (χ3v) is 9.91. The van der Waals surface area contributed by atoms with Gasteiger partial charge in [0.05, 0.1) is 35.8 Å². The minimum absolute atomic E-state index is 0.0581. The minimum Gasteiger partial charge on any atom is -0.465 e. The quantitative estimate of drug-likeness (QED) is 0.248. The number of hydrogen-bond donors (Lipinski definition) is 1. The molecule has 0 aromatic carbocycles. The van der Waals surface area contributed by atoms with Gasteiger partial charge in [-0.1, -0.05) is 32.9 Å². The number of aliphatic hydroxyl groups excluding tert-OH is 1. The number of likely N-dealkylation sites (tertiary alicyclic amines) is 1. The SMILES string of the molecule is C=CCCOC(=O)[C@@H]1[C@H]2C(=O)N([C@@H](CO)CC(C)C)C(C(=O)N(CC=C)C(C)C)C23S[C@@H]1CC3C. The molecule has 0 aromatic rings. The number of esters is 1. The number of carbonyl (C=O) groups is 3. The number of thioether (sulfide) groups is 1. The van der Waals surface area contributed by atoms with E-state index in [1.165, 1.54) is 0 Å². The first-order chi connectivity index (χ1) is 16.6. The average molecular weight is 507 g/mol. The van der Waals surface area contributed by atoms with E-state index in [0.717, 1.165) is 6.42 Å². The van der Waals surface area contributed by atoms with Gasteiger partial charge in [-0.25, -0.2) is 0 Å². The predicted octanol–water partition coefficient (Wildman–Crippen LogP) is 3.27. The van der Waals surface area contributed by atoms with Gasteiger partial charge in [0.2, 0.25) is 11.8 Å². The van der Waals surface area contributed by atoms with Crippen molar-refractivity contribution < 1.29 is 24.2 Å². The zero-order valence-corrected chi connectivity index (χ0v) is 22.6. The third kappa shape index (κ3) is 4.68. The number of hydrogen-bond acceptors (Lipinski definition) is 6. The van der Waals surface area contributed by atoms with Crippen LogP contribution in [0.5, 0.6) is 0 Å². The monoisotopic (exact) mass is 506 g/mol.